The van der Waals surface area contributed by atoms with Gasteiger partial charge in [-0.2, -0.15) is 17.9 Å². The molecule has 0 aliphatic carbocycles. The number of aromatic nitrogens is 2. The van der Waals surface area contributed by atoms with Crippen molar-refractivity contribution in [3.05, 3.63) is 40.9 Å². The molecule has 9 heteroatoms. The summed E-state index contributed by atoms with van der Waals surface area (Å²) in [5.74, 6) is 0. The van der Waals surface area contributed by atoms with Gasteiger partial charge in [0.2, 0.25) is 5.13 Å². The lowest BCUT2D eigenvalue weighted by Gasteiger charge is -2.12. The zero-order valence-electron chi connectivity index (χ0n) is 10.8. The van der Waals surface area contributed by atoms with Crippen molar-refractivity contribution in [2.75, 3.05) is 5.73 Å². The van der Waals surface area contributed by atoms with Gasteiger partial charge < -0.3 is 5.73 Å². The van der Waals surface area contributed by atoms with Gasteiger partial charge in [-0.15, -0.1) is 10.2 Å². The lowest BCUT2D eigenvalue weighted by Crippen LogP contribution is -2.37. The van der Waals surface area contributed by atoms with Gasteiger partial charge in [0.15, 0.2) is 0 Å². The lowest BCUT2D eigenvalue weighted by atomic mass is 10.2. The van der Waals surface area contributed by atoms with Crippen LogP contribution in [0.1, 0.15) is 23.5 Å². The van der Waals surface area contributed by atoms with E-state index in [1.54, 1.807) is 6.92 Å². The molecule has 1 aromatic carbocycles. The first-order valence-electron chi connectivity index (χ1n) is 5.86. The molecule has 4 N–H and O–H groups in total. The quantitative estimate of drug-likeness (QED) is 0.731. The highest BCUT2D eigenvalue weighted by molar-refractivity contribution is 7.87. The summed E-state index contributed by atoms with van der Waals surface area (Å²) in [4.78, 5) is 0. The minimum atomic E-state index is -3.62. The Labute approximate surface area is 121 Å². The van der Waals surface area contributed by atoms with Crippen LogP contribution in [-0.2, 0) is 16.8 Å². The second kappa shape index (κ2) is 6.27. The zero-order valence-corrected chi connectivity index (χ0v) is 12.4. The van der Waals surface area contributed by atoms with E-state index >= 15 is 0 Å². The first-order chi connectivity index (χ1) is 9.46. The van der Waals surface area contributed by atoms with Gasteiger partial charge in [0, 0.05) is 6.54 Å². The average molecular weight is 313 g/mol. The molecule has 1 aromatic heterocycles. The lowest BCUT2D eigenvalue weighted by molar-refractivity contribution is 0.550. The topological polar surface area (TPSA) is 110 Å². The van der Waals surface area contributed by atoms with Crippen LogP contribution in [0, 0.1) is 0 Å². The fourth-order valence-corrected chi connectivity index (χ4v) is 3.23. The third kappa shape index (κ3) is 4.23. The third-order valence-corrected chi connectivity index (χ3v) is 4.59. The molecule has 1 atom stereocenters. The van der Waals surface area contributed by atoms with Crippen molar-refractivity contribution >= 4 is 26.7 Å². The van der Waals surface area contributed by atoms with E-state index < -0.39 is 16.3 Å². The molecule has 0 radical (unpaired) electrons. The van der Waals surface area contributed by atoms with Crippen molar-refractivity contribution in [1.82, 2.24) is 19.6 Å². The van der Waals surface area contributed by atoms with E-state index in [0.29, 0.717) is 10.1 Å². The highest BCUT2D eigenvalue weighted by atomic mass is 32.2. The number of nitrogens with one attached hydrogen (secondary N) is 2. The number of rotatable bonds is 6. The molecule has 2 aromatic rings. The number of hydrogen-bond donors (Lipinski definition) is 3. The molecular formula is C11H15N5O2S2. The largest absolute Gasteiger partial charge is 0.374 e. The number of benzene rings is 1. The Kier molecular flexibility index (Phi) is 4.65. The summed E-state index contributed by atoms with van der Waals surface area (Å²) in [6.07, 6.45) is 0. The molecule has 0 bridgehead atoms. The normalized spacial score (nSPS) is 13.2. The van der Waals surface area contributed by atoms with Gasteiger partial charge in [-0.3, -0.25) is 0 Å². The van der Waals surface area contributed by atoms with Crippen LogP contribution >= 0.6 is 11.3 Å². The Morgan fingerprint density at radius 2 is 2.00 bits per heavy atom. The van der Waals surface area contributed by atoms with E-state index in [4.69, 9.17) is 5.73 Å². The van der Waals surface area contributed by atoms with Crippen LogP contribution in [-0.4, -0.2) is 18.6 Å². The van der Waals surface area contributed by atoms with Crippen molar-refractivity contribution in [3.63, 3.8) is 0 Å². The van der Waals surface area contributed by atoms with Crippen molar-refractivity contribution in [2.24, 2.45) is 0 Å². The Bertz CT molecular complexity index is 656. The number of nitrogens with zero attached hydrogens (tertiary/aromatic N) is 2. The van der Waals surface area contributed by atoms with Crippen LogP contribution in [0.5, 0.6) is 0 Å². The van der Waals surface area contributed by atoms with Crippen molar-refractivity contribution < 1.29 is 8.42 Å². The molecule has 0 unspecified atom stereocenters. The molecule has 20 heavy (non-hydrogen) atoms. The highest BCUT2D eigenvalue weighted by Crippen LogP contribution is 2.19. The Balaban J connectivity index is 1.94. The minimum absolute atomic E-state index is 0.223. The molecule has 2 rings (SSSR count). The van der Waals surface area contributed by atoms with Crippen LogP contribution < -0.4 is 15.2 Å². The predicted molar refractivity (Wildman–Crippen MR) is 78.1 cm³/mol. The summed E-state index contributed by atoms with van der Waals surface area (Å²) in [6.45, 7) is 1.91. The summed E-state index contributed by atoms with van der Waals surface area (Å²) in [5.41, 5.74) is 6.35. The van der Waals surface area contributed by atoms with Crippen molar-refractivity contribution in [3.8, 4) is 0 Å². The molecule has 0 aliphatic rings. The van der Waals surface area contributed by atoms with Crippen molar-refractivity contribution in [2.45, 2.75) is 19.5 Å². The Hall–Kier alpha value is -1.55. The van der Waals surface area contributed by atoms with Crippen LogP contribution in [0.3, 0.4) is 0 Å². The highest BCUT2D eigenvalue weighted by Gasteiger charge is 2.18. The monoisotopic (exact) mass is 313 g/mol. The van der Waals surface area contributed by atoms with E-state index in [1.165, 1.54) is 0 Å². The smallest absolute Gasteiger partial charge is 0.277 e. The fourth-order valence-electron chi connectivity index (χ4n) is 1.52. The SMILES string of the molecule is C[C@@H](NS(=O)(=O)NCc1ccccc1)c1nnc(N)s1. The first kappa shape index (κ1) is 14.9. The van der Waals surface area contributed by atoms with Crippen molar-refractivity contribution in [1.29, 1.82) is 0 Å². The molecule has 1 heterocycles. The standard InChI is InChI=1S/C11H15N5O2S2/c1-8(10-14-15-11(12)19-10)16-20(17,18)13-7-9-5-3-2-4-6-9/h2-6,8,13,16H,7H2,1H3,(H2,12,15)/t8-/m1/s1. The minimum Gasteiger partial charge on any atom is -0.374 e. The number of anilines is 1. The van der Waals surface area contributed by atoms with Crippen LogP contribution in [0.4, 0.5) is 5.13 Å². The molecule has 0 saturated heterocycles. The number of nitrogen functional groups attached to an aromatic ring is 1. The predicted octanol–water partition coefficient (Wildman–Crippen LogP) is 0.805. The number of hydrogen-bond acceptors (Lipinski definition) is 6. The van der Waals surface area contributed by atoms with E-state index in [-0.39, 0.29) is 6.54 Å². The molecule has 108 valence electrons. The van der Waals surface area contributed by atoms with Gasteiger partial charge in [-0.25, -0.2) is 0 Å². The Morgan fingerprint density at radius 1 is 1.30 bits per heavy atom. The average Bonchev–Trinajstić information content (AvgIpc) is 2.84. The van der Waals surface area contributed by atoms with Gasteiger partial charge in [0.25, 0.3) is 10.2 Å². The van der Waals surface area contributed by atoms with E-state index in [0.717, 1.165) is 16.9 Å². The summed E-state index contributed by atoms with van der Waals surface area (Å²) in [5, 5.41) is 8.29. The van der Waals surface area contributed by atoms with E-state index in [2.05, 4.69) is 19.6 Å². The molecule has 0 spiro atoms. The summed E-state index contributed by atoms with van der Waals surface area (Å²) in [7, 11) is -3.62. The number of nitrogens with two attached hydrogens (primary N) is 1. The molecule has 0 saturated carbocycles. The maximum absolute atomic E-state index is 11.9. The van der Waals surface area contributed by atoms with Gasteiger partial charge in [0.05, 0.1) is 6.04 Å². The van der Waals surface area contributed by atoms with E-state index in [9.17, 15) is 8.42 Å². The van der Waals surface area contributed by atoms with Crippen LogP contribution in [0.25, 0.3) is 0 Å². The molecule has 7 nitrogen and oxygen atoms in total. The summed E-state index contributed by atoms with van der Waals surface area (Å²) < 4.78 is 28.7. The summed E-state index contributed by atoms with van der Waals surface area (Å²) >= 11 is 1.15. The van der Waals surface area contributed by atoms with E-state index in [1.807, 2.05) is 30.3 Å². The molecular weight excluding hydrogens is 298 g/mol. The fraction of sp³-hybridized carbons (Fsp3) is 0.273. The van der Waals surface area contributed by atoms with Gasteiger partial charge in [-0.1, -0.05) is 41.7 Å². The Morgan fingerprint density at radius 3 is 2.60 bits per heavy atom. The van der Waals surface area contributed by atoms with Gasteiger partial charge >= 0.3 is 0 Å². The molecule has 0 amide bonds. The first-order valence-corrected chi connectivity index (χ1v) is 8.16. The summed E-state index contributed by atoms with van der Waals surface area (Å²) in [6, 6.07) is 8.78. The van der Waals surface area contributed by atoms with Crippen LogP contribution in [0.2, 0.25) is 0 Å². The maximum atomic E-state index is 11.9. The second-order valence-electron chi connectivity index (χ2n) is 4.13. The van der Waals surface area contributed by atoms with Gasteiger partial charge in [0.1, 0.15) is 5.01 Å². The zero-order chi connectivity index (χ0) is 14.6. The molecule has 0 aliphatic heterocycles. The van der Waals surface area contributed by atoms with Gasteiger partial charge in [-0.05, 0) is 12.5 Å². The maximum Gasteiger partial charge on any atom is 0.277 e. The third-order valence-electron chi connectivity index (χ3n) is 2.47. The van der Waals surface area contributed by atoms with Crippen LogP contribution in [0.15, 0.2) is 30.3 Å². The second-order valence-corrected chi connectivity index (χ2v) is 6.70. The molecule has 0 fully saturated rings.